The lowest BCUT2D eigenvalue weighted by Crippen LogP contribution is -2.06. The molecule has 3 heteroatoms. The number of ether oxygens (including phenoxy) is 1. The second-order valence-corrected chi connectivity index (χ2v) is 7.24. The Bertz CT molecular complexity index is 522. The number of hydrogen-bond acceptors (Lipinski definition) is 3. The molecule has 0 amide bonds. The van der Waals surface area contributed by atoms with E-state index in [1.807, 2.05) is 0 Å². The SMILES string of the molecule is CCCCCCC=CCCCCCCCCCOC(=O)c1ccccc1O. The number of allylic oxidation sites excluding steroid dienone is 2. The van der Waals surface area contributed by atoms with Gasteiger partial charge < -0.3 is 9.84 Å². The number of aromatic hydroxyl groups is 1. The Morgan fingerprint density at radius 2 is 1.41 bits per heavy atom. The van der Waals surface area contributed by atoms with Crippen LogP contribution < -0.4 is 0 Å². The second kappa shape index (κ2) is 16.4. The Hall–Kier alpha value is -1.77. The third-order valence-corrected chi connectivity index (χ3v) is 4.76. The predicted molar refractivity (Wildman–Crippen MR) is 113 cm³/mol. The van der Waals surface area contributed by atoms with E-state index in [1.54, 1.807) is 18.2 Å². The van der Waals surface area contributed by atoms with Gasteiger partial charge in [0.25, 0.3) is 0 Å². The van der Waals surface area contributed by atoms with Gasteiger partial charge in [0.05, 0.1) is 6.61 Å². The summed E-state index contributed by atoms with van der Waals surface area (Å²) in [5, 5.41) is 9.61. The van der Waals surface area contributed by atoms with Gasteiger partial charge in [0.1, 0.15) is 11.3 Å². The minimum absolute atomic E-state index is 0.0196. The molecule has 3 nitrogen and oxygen atoms in total. The van der Waals surface area contributed by atoms with Gasteiger partial charge in [0.2, 0.25) is 0 Å². The zero-order valence-corrected chi connectivity index (χ0v) is 17.1. The molecular formula is C24H38O3. The number of carbonyl (C=O) groups is 1. The van der Waals surface area contributed by atoms with Crippen LogP contribution in [0.25, 0.3) is 0 Å². The number of rotatable bonds is 16. The monoisotopic (exact) mass is 374 g/mol. The first kappa shape index (κ1) is 23.3. The number of phenolic OH excluding ortho intramolecular Hbond substituents is 1. The molecule has 1 N–H and O–H groups in total. The van der Waals surface area contributed by atoms with Crippen LogP contribution >= 0.6 is 0 Å². The van der Waals surface area contributed by atoms with E-state index in [1.165, 1.54) is 76.7 Å². The fraction of sp³-hybridized carbons (Fsp3) is 0.625. The van der Waals surface area contributed by atoms with Crippen LogP contribution in [-0.2, 0) is 4.74 Å². The number of para-hydroxylation sites is 1. The summed E-state index contributed by atoms with van der Waals surface area (Å²) in [4.78, 5) is 11.8. The zero-order chi connectivity index (χ0) is 19.6. The van der Waals surface area contributed by atoms with Crippen molar-refractivity contribution in [2.75, 3.05) is 6.61 Å². The summed E-state index contributed by atoms with van der Waals surface area (Å²) in [5.74, 6) is -0.458. The number of carbonyl (C=O) groups excluding carboxylic acids is 1. The molecule has 0 atom stereocenters. The van der Waals surface area contributed by atoms with Crippen LogP contribution in [0.15, 0.2) is 36.4 Å². The van der Waals surface area contributed by atoms with Crippen LogP contribution in [0.2, 0.25) is 0 Å². The molecule has 0 bridgehead atoms. The molecule has 0 unspecified atom stereocenters. The van der Waals surface area contributed by atoms with E-state index in [2.05, 4.69) is 19.1 Å². The highest BCUT2D eigenvalue weighted by molar-refractivity contribution is 5.92. The highest BCUT2D eigenvalue weighted by Crippen LogP contribution is 2.17. The summed E-state index contributed by atoms with van der Waals surface area (Å²) >= 11 is 0. The standard InChI is InChI=1S/C24H38O3/c1-2-3-4-5-6-7-8-9-10-11-12-13-14-15-18-21-27-24(26)22-19-16-17-20-23(22)25/h7-8,16-17,19-20,25H,2-6,9-15,18,21H2,1H3. The van der Waals surface area contributed by atoms with E-state index in [0.29, 0.717) is 6.61 Å². The maximum atomic E-state index is 11.8. The lowest BCUT2D eigenvalue weighted by molar-refractivity contribution is 0.0494. The summed E-state index contributed by atoms with van der Waals surface area (Å²) in [6.07, 6.45) is 20.9. The predicted octanol–water partition coefficient (Wildman–Crippen LogP) is 7.20. The van der Waals surface area contributed by atoms with Crippen molar-refractivity contribution in [3.63, 3.8) is 0 Å². The van der Waals surface area contributed by atoms with Crippen molar-refractivity contribution >= 4 is 5.97 Å². The summed E-state index contributed by atoms with van der Waals surface area (Å²) in [6.45, 7) is 2.68. The Morgan fingerprint density at radius 1 is 0.852 bits per heavy atom. The van der Waals surface area contributed by atoms with Gasteiger partial charge in [-0.1, -0.05) is 82.6 Å². The van der Waals surface area contributed by atoms with Gasteiger partial charge in [0.15, 0.2) is 0 Å². The van der Waals surface area contributed by atoms with E-state index < -0.39 is 5.97 Å². The minimum Gasteiger partial charge on any atom is -0.507 e. The minimum atomic E-state index is -0.438. The molecule has 1 aromatic rings. The Kier molecular flexibility index (Phi) is 14.1. The Labute approximate surface area is 165 Å². The molecule has 0 saturated carbocycles. The lowest BCUT2D eigenvalue weighted by Gasteiger charge is -2.06. The maximum Gasteiger partial charge on any atom is 0.341 e. The average molecular weight is 375 g/mol. The second-order valence-electron chi connectivity index (χ2n) is 7.24. The number of benzene rings is 1. The molecule has 1 rings (SSSR count). The van der Waals surface area contributed by atoms with E-state index in [9.17, 15) is 9.90 Å². The molecule has 0 aromatic heterocycles. The molecule has 0 saturated heterocycles. The van der Waals surface area contributed by atoms with E-state index >= 15 is 0 Å². The van der Waals surface area contributed by atoms with Crippen LogP contribution in [0.5, 0.6) is 5.75 Å². The molecule has 0 aliphatic heterocycles. The van der Waals surface area contributed by atoms with Crippen LogP contribution in [0.3, 0.4) is 0 Å². The van der Waals surface area contributed by atoms with E-state index in [0.717, 1.165) is 12.8 Å². The van der Waals surface area contributed by atoms with Crippen molar-refractivity contribution < 1.29 is 14.6 Å². The smallest absolute Gasteiger partial charge is 0.341 e. The summed E-state index contributed by atoms with van der Waals surface area (Å²) in [7, 11) is 0. The molecule has 27 heavy (non-hydrogen) atoms. The fourth-order valence-corrected chi connectivity index (χ4v) is 3.06. The molecule has 0 aliphatic rings. The first-order valence-electron chi connectivity index (χ1n) is 10.9. The number of hydrogen-bond donors (Lipinski definition) is 1. The van der Waals surface area contributed by atoms with Crippen molar-refractivity contribution in [2.45, 2.75) is 90.4 Å². The average Bonchev–Trinajstić information content (AvgIpc) is 2.68. The molecule has 0 spiro atoms. The number of phenols is 1. The topological polar surface area (TPSA) is 46.5 Å². The van der Waals surface area contributed by atoms with Gasteiger partial charge in [-0.25, -0.2) is 4.79 Å². The Morgan fingerprint density at radius 3 is 2.04 bits per heavy atom. The summed E-state index contributed by atoms with van der Waals surface area (Å²) < 4.78 is 5.22. The molecule has 0 heterocycles. The van der Waals surface area contributed by atoms with Gasteiger partial charge in [-0.05, 0) is 44.2 Å². The van der Waals surface area contributed by atoms with Crippen molar-refractivity contribution in [2.24, 2.45) is 0 Å². The van der Waals surface area contributed by atoms with Gasteiger partial charge in [-0.15, -0.1) is 0 Å². The van der Waals surface area contributed by atoms with Gasteiger partial charge in [0, 0.05) is 0 Å². The normalized spacial score (nSPS) is 11.1. The van der Waals surface area contributed by atoms with Gasteiger partial charge in [-0.3, -0.25) is 0 Å². The molecule has 1 aromatic carbocycles. The lowest BCUT2D eigenvalue weighted by atomic mass is 10.1. The first-order valence-corrected chi connectivity index (χ1v) is 10.9. The van der Waals surface area contributed by atoms with Crippen LogP contribution in [0.1, 0.15) is 101 Å². The maximum absolute atomic E-state index is 11.8. The molecule has 0 aliphatic carbocycles. The highest BCUT2D eigenvalue weighted by atomic mass is 16.5. The first-order chi connectivity index (χ1) is 13.3. The van der Waals surface area contributed by atoms with Crippen LogP contribution in [0.4, 0.5) is 0 Å². The highest BCUT2D eigenvalue weighted by Gasteiger charge is 2.10. The quantitative estimate of drug-likeness (QED) is 0.189. The molecule has 0 radical (unpaired) electrons. The van der Waals surface area contributed by atoms with Crippen molar-refractivity contribution in [1.29, 1.82) is 0 Å². The van der Waals surface area contributed by atoms with Crippen LogP contribution in [-0.4, -0.2) is 17.7 Å². The molecule has 152 valence electrons. The summed E-state index contributed by atoms with van der Waals surface area (Å²) in [5.41, 5.74) is 0.243. The van der Waals surface area contributed by atoms with Gasteiger partial charge >= 0.3 is 5.97 Å². The number of esters is 1. The zero-order valence-electron chi connectivity index (χ0n) is 17.1. The largest absolute Gasteiger partial charge is 0.507 e. The van der Waals surface area contributed by atoms with Crippen LogP contribution in [0, 0.1) is 0 Å². The molecule has 0 fully saturated rings. The molecular weight excluding hydrogens is 336 g/mol. The van der Waals surface area contributed by atoms with Crippen molar-refractivity contribution in [1.82, 2.24) is 0 Å². The summed E-state index contributed by atoms with van der Waals surface area (Å²) in [6, 6.07) is 6.50. The van der Waals surface area contributed by atoms with E-state index in [4.69, 9.17) is 4.74 Å². The van der Waals surface area contributed by atoms with Crippen molar-refractivity contribution in [3.8, 4) is 5.75 Å². The fourth-order valence-electron chi connectivity index (χ4n) is 3.06. The van der Waals surface area contributed by atoms with Gasteiger partial charge in [-0.2, -0.15) is 0 Å². The third-order valence-electron chi connectivity index (χ3n) is 4.76. The van der Waals surface area contributed by atoms with Crippen molar-refractivity contribution in [3.05, 3.63) is 42.0 Å². The number of unbranched alkanes of at least 4 members (excludes halogenated alkanes) is 11. The Balaban J connectivity index is 1.86. The third kappa shape index (κ3) is 12.3. The van der Waals surface area contributed by atoms with E-state index in [-0.39, 0.29) is 11.3 Å².